The molecule has 2 aliphatic heterocycles. The van der Waals surface area contributed by atoms with Gasteiger partial charge < -0.3 is 9.47 Å². The first-order valence-corrected chi connectivity index (χ1v) is 3.76. The van der Waals surface area contributed by atoms with Crippen molar-refractivity contribution in [2.45, 2.75) is 24.7 Å². The minimum Gasteiger partial charge on any atom is -0.459 e. The molecule has 2 aliphatic rings. The zero-order valence-electron chi connectivity index (χ0n) is 5.25. The topological polar surface area (TPSA) is 38.8 Å². The van der Waals surface area contributed by atoms with E-state index in [4.69, 9.17) is 21.1 Å². The molecule has 3 atom stereocenters. The molecule has 0 amide bonds. The summed E-state index contributed by atoms with van der Waals surface area (Å²) in [6.45, 7) is 0. The van der Waals surface area contributed by atoms with E-state index >= 15 is 0 Å². The lowest BCUT2D eigenvalue weighted by Gasteiger charge is -2.16. The van der Waals surface area contributed by atoms with Crippen molar-refractivity contribution in [1.29, 1.82) is 0 Å². The van der Waals surface area contributed by atoms with Crippen molar-refractivity contribution in [3.05, 3.63) is 0 Å². The van der Waals surface area contributed by atoms with Crippen molar-refractivity contribution in [1.82, 2.24) is 0 Å². The Balaban J connectivity index is 1.99. The first-order valence-electron chi connectivity index (χ1n) is 3.23. The van der Waals surface area contributed by atoms with Crippen LogP contribution < -0.4 is 0 Å². The van der Waals surface area contributed by atoms with Gasteiger partial charge in [0, 0.05) is 6.42 Å². The highest BCUT2D eigenvalue weighted by atomic mass is 35.5. The van der Waals surface area contributed by atoms with Crippen LogP contribution in [0.1, 0.15) is 6.42 Å². The highest BCUT2D eigenvalue weighted by Crippen LogP contribution is 2.33. The minimum absolute atomic E-state index is 0.102. The zero-order valence-corrected chi connectivity index (χ0v) is 6.00. The summed E-state index contributed by atoms with van der Waals surface area (Å²) in [5, 5.41) is 0. The van der Waals surface area contributed by atoms with E-state index in [1.807, 2.05) is 0 Å². The Labute approximate surface area is 63.2 Å². The van der Waals surface area contributed by atoms with Crippen LogP contribution >= 0.6 is 11.6 Å². The molecule has 3 nitrogen and oxygen atoms in total. The van der Waals surface area contributed by atoms with Gasteiger partial charge >= 0.3 is 5.97 Å². The molecule has 0 aromatic carbocycles. The van der Waals surface area contributed by atoms with Gasteiger partial charge in [-0.3, -0.25) is 0 Å². The largest absolute Gasteiger partial charge is 0.459 e. The smallest absolute Gasteiger partial charge is 0.338 e. The van der Waals surface area contributed by atoms with Crippen molar-refractivity contribution >= 4 is 17.6 Å². The number of carbonyl (C=O) groups excluding carboxylic acids is 1. The van der Waals surface area contributed by atoms with Crippen LogP contribution in [0.3, 0.4) is 0 Å². The summed E-state index contributed by atoms with van der Waals surface area (Å²) < 4.78 is 9.88. The number of ether oxygens (including phenoxy) is 2. The maximum atomic E-state index is 10.8. The summed E-state index contributed by atoms with van der Waals surface area (Å²) in [7, 11) is 0. The lowest BCUT2D eigenvalue weighted by molar-refractivity contribution is -0.151. The molecule has 2 fully saturated rings. The lowest BCUT2D eigenvalue weighted by atomic mass is 10.1. The highest BCUT2D eigenvalue weighted by molar-refractivity contribution is 6.18. The van der Waals surface area contributed by atoms with Gasteiger partial charge in [-0.1, -0.05) is 0 Å². The fourth-order valence-corrected chi connectivity index (χ4v) is 1.35. The fourth-order valence-electron chi connectivity index (χ4n) is 1.16. The van der Waals surface area contributed by atoms with E-state index < -0.39 is 0 Å². The molecular formula is C6H7ClO3. The Kier molecular flexibility index (Phi) is 1.35. The Morgan fingerprint density at radius 3 is 3.10 bits per heavy atom. The van der Waals surface area contributed by atoms with Crippen LogP contribution in [0, 0.1) is 0 Å². The zero-order chi connectivity index (χ0) is 7.14. The number of fused-ring (bicyclic) bond motifs is 1. The highest BCUT2D eigenvalue weighted by Gasteiger charge is 2.51. The quantitative estimate of drug-likeness (QED) is 0.317. The third-order valence-corrected chi connectivity index (χ3v) is 2.11. The van der Waals surface area contributed by atoms with Crippen molar-refractivity contribution in [3.8, 4) is 0 Å². The molecule has 0 aromatic heterocycles. The van der Waals surface area contributed by atoms with Crippen LogP contribution in [0.5, 0.6) is 0 Å². The van der Waals surface area contributed by atoms with Crippen LogP contribution in [0.25, 0.3) is 0 Å². The van der Waals surface area contributed by atoms with Gasteiger partial charge in [0.2, 0.25) is 0 Å². The molecule has 0 saturated carbocycles. The van der Waals surface area contributed by atoms with E-state index in [1.54, 1.807) is 0 Å². The Bertz CT molecular complexity index is 170. The van der Waals surface area contributed by atoms with Crippen molar-refractivity contribution in [3.63, 3.8) is 0 Å². The van der Waals surface area contributed by atoms with E-state index in [-0.39, 0.29) is 24.3 Å². The predicted molar refractivity (Wildman–Crippen MR) is 33.9 cm³/mol. The molecule has 10 heavy (non-hydrogen) atoms. The number of rotatable bonds is 1. The van der Waals surface area contributed by atoms with Crippen molar-refractivity contribution < 1.29 is 14.3 Å². The van der Waals surface area contributed by atoms with Crippen molar-refractivity contribution in [2.75, 3.05) is 5.88 Å². The molecule has 0 aliphatic carbocycles. The number of hydrogen-bond donors (Lipinski definition) is 0. The molecule has 0 bridgehead atoms. The van der Waals surface area contributed by atoms with Crippen LogP contribution in [0.4, 0.5) is 0 Å². The lowest BCUT2D eigenvalue weighted by Crippen LogP contribution is -2.30. The molecule has 0 aromatic rings. The summed E-state index contributed by atoms with van der Waals surface area (Å²) in [4.78, 5) is 10.8. The van der Waals surface area contributed by atoms with Gasteiger partial charge in [-0.25, -0.2) is 4.79 Å². The normalized spacial score (nSPS) is 44.1. The average Bonchev–Trinajstić information content (AvgIpc) is 2.66. The molecule has 4 heteroatoms. The first-order chi connectivity index (χ1) is 4.81. The first kappa shape index (κ1) is 6.43. The molecule has 2 heterocycles. The molecule has 2 saturated heterocycles. The molecule has 56 valence electrons. The molecule has 0 N–H and O–H groups in total. The Morgan fingerprint density at radius 2 is 2.50 bits per heavy atom. The van der Waals surface area contributed by atoms with E-state index in [2.05, 4.69) is 0 Å². The SMILES string of the molecule is O=C1O[C@H](CCl)C[C@H]2O[C@@H]12. The summed E-state index contributed by atoms with van der Waals surface area (Å²) in [6, 6.07) is 0. The number of cyclic esters (lactones) is 1. The number of esters is 1. The van der Waals surface area contributed by atoms with E-state index in [0.29, 0.717) is 5.88 Å². The average molecular weight is 163 g/mol. The van der Waals surface area contributed by atoms with Gasteiger partial charge in [-0.15, -0.1) is 11.6 Å². The second-order valence-electron chi connectivity index (χ2n) is 2.54. The number of carbonyl (C=O) groups is 1. The summed E-state index contributed by atoms with van der Waals surface area (Å²) in [5.74, 6) is 0.125. The molecule has 0 spiro atoms. The third kappa shape index (κ3) is 0.896. The van der Waals surface area contributed by atoms with Gasteiger partial charge in [0.1, 0.15) is 6.10 Å². The van der Waals surface area contributed by atoms with E-state index in [0.717, 1.165) is 6.42 Å². The van der Waals surface area contributed by atoms with E-state index in [1.165, 1.54) is 0 Å². The minimum atomic E-state index is -0.264. The fraction of sp³-hybridized carbons (Fsp3) is 0.833. The molecule has 0 unspecified atom stereocenters. The second kappa shape index (κ2) is 2.10. The maximum absolute atomic E-state index is 10.8. The van der Waals surface area contributed by atoms with Crippen LogP contribution in [0.2, 0.25) is 0 Å². The number of halogens is 1. The van der Waals surface area contributed by atoms with Gasteiger partial charge in [0.15, 0.2) is 6.10 Å². The van der Waals surface area contributed by atoms with Gasteiger partial charge in [0.25, 0.3) is 0 Å². The summed E-state index contributed by atoms with van der Waals surface area (Å²) >= 11 is 5.50. The van der Waals surface area contributed by atoms with Crippen molar-refractivity contribution in [2.24, 2.45) is 0 Å². The summed E-state index contributed by atoms with van der Waals surface area (Å²) in [5.41, 5.74) is 0. The second-order valence-corrected chi connectivity index (χ2v) is 2.85. The standard InChI is InChI=1S/C6H7ClO3/c7-2-3-1-4-5(10-4)6(8)9-3/h3-5H,1-2H2/t3-,4+,5+/m0/s1. The number of alkyl halides is 1. The van der Waals surface area contributed by atoms with Gasteiger partial charge in [-0.2, -0.15) is 0 Å². The Hall–Kier alpha value is -0.280. The molecule has 0 radical (unpaired) electrons. The number of epoxide rings is 1. The van der Waals surface area contributed by atoms with Gasteiger partial charge in [0.05, 0.1) is 12.0 Å². The monoisotopic (exact) mass is 162 g/mol. The van der Waals surface area contributed by atoms with Gasteiger partial charge in [-0.05, 0) is 0 Å². The van der Waals surface area contributed by atoms with Crippen LogP contribution in [-0.4, -0.2) is 30.2 Å². The third-order valence-electron chi connectivity index (χ3n) is 1.76. The molecular weight excluding hydrogens is 156 g/mol. The van der Waals surface area contributed by atoms with E-state index in [9.17, 15) is 4.79 Å². The van der Waals surface area contributed by atoms with Crippen LogP contribution in [0.15, 0.2) is 0 Å². The predicted octanol–water partition coefficient (Wildman–Crippen LogP) is 0.308. The molecule has 2 rings (SSSR count). The Morgan fingerprint density at radius 1 is 1.70 bits per heavy atom. The maximum Gasteiger partial charge on any atom is 0.338 e. The summed E-state index contributed by atoms with van der Waals surface area (Å²) in [6.07, 6.45) is 0.474. The number of hydrogen-bond acceptors (Lipinski definition) is 3. The van der Waals surface area contributed by atoms with Crippen LogP contribution in [-0.2, 0) is 14.3 Å².